The summed E-state index contributed by atoms with van der Waals surface area (Å²) in [4.78, 5) is 21.0. The van der Waals surface area contributed by atoms with Crippen LogP contribution in [0.5, 0.6) is 0 Å². The Hall–Kier alpha value is -1.06. The van der Waals surface area contributed by atoms with Crippen LogP contribution in [0.25, 0.3) is 0 Å². The summed E-state index contributed by atoms with van der Waals surface area (Å²) in [6, 6.07) is 0. The zero-order valence-corrected chi connectivity index (χ0v) is 6.66. The molecular formula is C7H12NO3. The van der Waals surface area contributed by atoms with E-state index in [1.807, 2.05) is 0 Å². The monoisotopic (exact) mass is 158 g/mol. The molecule has 0 aliphatic heterocycles. The average Bonchev–Trinajstić information content (AvgIpc) is 1.99. The van der Waals surface area contributed by atoms with Gasteiger partial charge in [0, 0.05) is 5.92 Å². The SMILES string of the molecule is COC(=O)[CH]CC(C)C(N)=O. The Morgan fingerprint density at radius 2 is 2.18 bits per heavy atom. The molecule has 1 radical (unpaired) electrons. The van der Waals surface area contributed by atoms with E-state index in [-0.39, 0.29) is 5.92 Å². The Morgan fingerprint density at radius 3 is 2.55 bits per heavy atom. The molecule has 0 aromatic rings. The van der Waals surface area contributed by atoms with Crippen LogP contribution in [0.4, 0.5) is 0 Å². The van der Waals surface area contributed by atoms with Crippen molar-refractivity contribution in [2.24, 2.45) is 11.7 Å². The van der Waals surface area contributed by atoms with Crippen molar-refractivity contribution in [2.45, 2.75) is 13.3 Å². The lowest BCUT2D eigenvalue weighted by molar-refractivity contribution is -0.136. The van der Waals surface area contributed by atoms with E-state index in [9.17, 15) is 9.59 Å². The lowest BCUT2D eigenvalue weighted by Gasteiger charge is -2.03. The number of rotatable bonds is 4. The smallest absolute Gasteiger partial charge is 0.309 e. The number of hydrogen-bond donors (Lipinski definition) is 1. The topological polar surface area (TPSA) is 69.4 Å². The predicted molar refractivity (Wildman–Crippen MR) is 39.3 cm³/mol. The molecule has 0 heterocycles. The van der Waals surface area contributed by atoms with Crippen LogP contribution in [0.15, 0.2) is 0 Å². The molecule has 0 fully saturated rings. The van der Waals surface area contributed by atoms with E-state index in [4.69, 9.17) is 5.73 Å². The van der Waals surface area contributed by atoms with Gasteiger partial charge in [0.25, 0.3) is 0 Å². The summed E-state index contributed by atoms with van der Waals surface area (Å²) >= 11 is 0. The third-order valence-corrected chi connectivity index (χ3v) is 1.32. The van der Waals surface area contributed by atoms with Crippen LogP contribution in [0, 0.1) is 12.3 Å². The highest BCUT2D eigenvalue weighted by atomic mass is 16.5. The summed E-state index contributed by atoms with van der Waals surface area (Å²) in [7, 11) is 1.29. The molecule has 11 heavy (non-hydrogen) atoms. The highest BCUT2D eigenvalue weighted by Gasteiger charge is 2.11. The van der Waals surface area contributed by atoms with Gasteiger partial charge in [-0.2, -0.15) is 0 Å². The third-order valence-electron chi connectivity index (χ3n) is 1.32. The summed E-state index contributed by atoms with van der Waals surface area (Å²) in [6.45, 7) is 1.65. The maximum Gasteiger partial charge on any atom is 0.309 e. The number of ether oxygens (including phenoxy) is 1. The van der Waals surface area contributed by atoms with E-state index in [2.05, 4.69) is 4.74 Å². The Bertz CT molecular complexity index is 156. The summed E-state index contributed by atoms with van der Waals surface area (Å²) in [5.41, 5.74) is 4.95. The van der Waals surface area contributed by atoms with Crippen LogP contribution in [-0.4, -0.2) is 19.0 Å². The zero-order valence-electron chi connectivity index (χ0n) is 6.66. The molecule has 0 aromatic carbocycles. The molecule has 0 bridgehead atoms. The third kappa shape index (κ3) is 4.36. The second kappa shape index (κ2) is 4.71. The van der Waals surface area contributed by atoms with Crippen LogP contribution in [0.2, 0.25) is 0 Å². The highest BCUT2D eigenvalue weighted by molar-refractivity contribution is 5.81. The molecule has 1 amide bonds. The van der Waals surface area contributed by atoms with Gasteiger partial charge in [0.2, 0.25) is 5.91 Å². The molecular weight excluding hydrogens is 146 g/mol. The van der Waals surface area contributed by atoms with Crippen molar-refractivity contribution in [3.63, 3.8) is 0 Å². The Morgan fingerprint density at radius 1 is 1.64 bits per heavy atom. The first kappa shape index (κ1) is 9.94. The number of hydrogen-bond acceptors (Lipinski definition) is 3. The fourth-order valence-corrected chi connectivity index (χ4v) is 0.472. The van der Waals surface area contributed by atoms with E-state index >= 15 is 0 Å². The van der Waals surface area contributed by atoms with Gasteiger partial charge in [0.05, 0.1) is 13.5 Å². The molecule has 0 aliphatic rings. The first-order valence-corrected chi connectivity index (χ1v) is 3.28. The van der Waals surface area contributed by atoms with Crippen molar-refractivity contribution in [1.29, 1.82) is 0 Å². The lowest BCUT2D eigenvalue weighted by Crippen LogP contribution is -2.21. The number of esters is 1. The first-order valence-electron chi connectivity index (χ1n) is 3.28. The van der Waals surface area contributed by atoms with E-state index in [0.29, 0.717) is 6.42 Å². The van der Waals surface area contributed by atoms with Crippen LogP contribution in [-0.2, 0) is 14.3 Å². The van der Waals surface area contributed by atoms with Gasteiger partial charge >= 0.3 is 5.97 Å². The van der Waals surface area contributed by atoms with Crippen LogP contribution in [0.3, 0.4) is 0 Å². The van der Waals surface area contributed by atoms with Gasteiger partial charge in [0.15, 0.2) is 0 Å². The molecule has 4 heteroatoms. The van der Waals surface area contributed by atoms with Crippen molar-refractivity contribution < 1.29 is 14.3 Å². The molecule has 1 atom stereocenters. The number of carbonyl (C=O) groups excluding carboxylic acids is 2. The number of methoxy groups -OCH3 is 1. The van der Waals surface area contributed by atoms with Gasteiger partial charge < -0.3 is 10.5 Å². The van der Waals surface area contributed by atoms with Gasteiger partial charge in [-0.25, -0.2) is 0 Å². The van der Waals surface area contributed by atoms with Crippen molar-refractivity contribution in [3.8, 4) is 0 Å². The fraction of sp³-hybridized carbons (Fsp3) is 0.571. The normalized spacial score (nSPS) is 12.2. The molecule has 0 aliphatic carbocycles. The van der Waals surface area contributed by atoms with Gasteiger partial charge in [-0.05, 0) is 6.42 Å². The molecule has 0 rings (SSSR count). The van der Waals surface area contributed by atoms with Crippen molar-refractivity contribution in [3.05, 3.63) is 6.42 Å². The summed E-state index contributed by atoms with van der Waals surface area (Å²) < 4.78 is 4.33. The van der Waals surface area contributed by atoms with E-state index in [1.165, 1.54) is 13.5 Å². The molecule has 0 aromatic heterocycles. The molecule has 4 nitrogen and oxygen atoms in total. The Balaban J connectivity index is 3.54. The second-order valence-corrected chi connectivity index (χ2v) is 2.27. The molecule has 1 unspecified atom stereocenters. The minimum absolute atomic E-state index is 0.311. The maximum atomic E-state index is 10.5. The molecule has 63 valence electrons. The van der Waals surface area contributed by atoms with Crippen LogP contribution in [0.1, 0.15) is 13.3 Å². The summed E-state index contributed by atoms with van der Waals surface area (Å²) in [5, 5.41) is 0. The predicted octanol–water partition coefficient (Wildman–Crippen LogP) is -0.125. The van der Waals surface area contributed by atoms with E-state index in [1.54, 1.807) is 6.92 Å². The quantitative estimate of drug-likeness (QED) is 0.579. The second-order valence-electron chi connectivity index (χ2n) is 2.27. The van der Waals surface area contributed by atoms with Gasteiger partial charge in [-0.1, -0.05) is 6.92 Å². The molecule has 2 N–H and O–H groups in total. The van der Waals surface area contributed by atoms with E-state index < -0.39 is 11.9 Å². The van der Waals surface area contributed by atoms with Crippen molar-refractivity contribution >= 4 is 11.9 Å². The number of primary amides is 1. The minimum atomic E-state index is -0.432. The van der Waals surface area contributed by atoms with Gasteiger partial charge in [-0.3, -0.25) is 9.59 Å². The van der Waals surface area contributed by atoms with Crippen molar-refractivity contribution in [2.75, 3.05) is 7.11 Å². The molecule has 0 saturated carbocycles. The standard InChI is InChI=1S/C7H12NO3/c1-5(7(8)10)3-4-6(9)11-2/h4-5H,3H2,1-2H3,(H2,8,10). The number of nitrogens with two attached hydrogens (primary N) is 1. The fourth-order valence-electron chi connectivity index (χ4n) is 0.472. The van der Waals surface area contributed by atoms with Crippen LogP contribution >= 0.6 is 0 Å². The molecule has 0 spiro atoms. The lowest BCUT2D eigenvalue weighted by atomic mass is 10.1. The Labute approximate surface area is 65.7 Å². The number of amides is 1. The maximum absolute atomic E-state index is 10.5. The van der Waals surface area contributed by atoms with Gasteiger partial charge in [0.1, 0.15) is 0 Å². The van der Waals surface area contributed by atoms with Gasteiger partial charge in [-0.15, -0.1) is 0 Å². The highest BCUT2D eigenvalue weighted by Crippen LogP contribution is 2.03. The largest absolute Gasteiger partial charge is 0.469 e. The van der Waals surface area contributed by atoms with Crippen molar-refractivity contribution in [1.82, 2.24) is 0 Å². The molecule has 0 saturated heterocycles. The number of carbonyl (C=O) groups is 2. The summed E-state index contributed by atoms with van der Waals surface area (Å²) in [6.07, 6.45) is 1.64. The summed E-state index contributed by atoms with van der Waals surface area (Å²) in [5.74, 6) is -1.16. The average molecular weight is 158 g/mol. The van der Waals surface area contributed by atoms with Crippen LogP contribution < -0.4 is 5.73 Å². The zero-order chi connectivity index (χ0) is 8.85. The van der Waals surface area contributed by atoms with E-state index in [0.717, 1.165) is 0 Å². The first-order chi connectivity index (χ1) is 5.07. The minimum Gasteiger partial charge on any atom is -0.469 e. The Kier molecular flexibility index (Phi) is 4.26.